The number of aryl methyl sites for hydroxylation is 1. The van der Waals surface area contributed by atoms with Crippen molar-refractivity contribution in [1.29, 1.82) is 0 Å². The summed E-state index contributed by atoms with van der Waals surface area (Å²) in [5.74, 6) is -0.211. The zero-order valence-corrected chi connectivity index (χ0v) is 15.6. The van der Waals surface area contributed by atoms with Crippen LogP contribution >= 0.6 is 11.3 Å². The lowest BCUT2D eigenvalue weighted by Gasteiger charge is -2.05. The molecule has 8 heteroatoms. The monoisotopic (exact) mass is 387 g/mol. The highest BCUT2D eigenvalue weighted by Gasteiger charge is 2.16. The molecule has 0 unspecified atom stereocenters. The first kappa shape index (κ1) is 18.1. The van der Waals surface area contributed by atoms with E-state index in [0.717, 1.165) is 16.9 Å². The number of nitrogens with one attached hydrogen (secondary N) is 2. The maximum atomic E-state index is 12.3. The molecular formula is C18H17N3O3S2. The van der Waals surface area contributed by atoms with Gasteiger partial charge in [0.25, 0.3) is 10.0 Å². The van der Waals surface area contributed by atoms with Crippen molar-refractivity contribution in [3.63, 3.8) is 0 Å². The molecule has 0 saturated carbocycles. The highest BCUT2D eigenvalue weighted by atomic mass is 32.2. The predicted molar refractivity (Wildman–Crippen MR) is 103 cm³/mol. The number of benzene rings is 2. The van der Waals surface area contributed by atoms with Crippen molar-refractivity contribution >= 4 is 38.1 Å². The Kier molecular flexibility index (Phi) is 5.34. The Labute approximate surface area is 156 Å². The van der Waals surface area contributed by atoms with E-state index in [2.05, 4.69) is 15.0 Å². The second-order valence-electron chi connectivity index (χ2n) is 5.65. The number of aromatic nitrogens is 1. The number of nitrogens with zero attached hydrogens (tertiary/aromatic N) is 1. The molecule has 0 aliphatic heterocycles. The molecule has 0 aliphatic rings. The smallest absolute Gasteiger partial charge is 0.263 e. The van der Waals surface area contributed by atoms with Gasteiger partial charge in [0.1, 0.15) is 0 Å². The van der Waals surface area contributed by atoms with Gasteiger partial charge in [-0.25, -0.2) is 13.4 Å². The van der Waals surface area contributed by atoms with Gasteiger partial charge in [-0.05, 0) is 31.2 Å². The first-order valence-corrected chi connectivity index (χ1v) is 10.2. The molecular weight excluding hydrogens is 370 g/mol. The quantitative estimate of drug-likeness (QED) is 0.678. The van der Waals surface area contributed by atoms with Crippen LogP contribution < -0.4 is 10.0 Å². The first-order chi connectivity index (χ1) is 12.4. The normalized spacial score (nSPS) is 11.1. The summed E-state index contributed by atoms with van der Waals surface area (Å²) in [6.07, 6.45) is 0.0669. The van der Waals surface area contributed by atoms with Gasteiger partial charge in [0.15, 0.2) is 5.13 Å². The number of sulfonamides is 1. The van der Waals surface area contributed by atoms with Gasteiger partial charge in [0, 0.05) is 11.1 Å². The van der Waals surface area contributed by atoms with Crippen molar-refractivity contribution < 1.29 is 13.2 Å². The molecule has 0 atom stereocenters. The standard InChI is InChI=1S/C18H17N3O3S2/c1-13-7-9-14(10-8-13)19-17(22)11-15-12-25-18(20-15)21-26(23,24)16-5-3-2-4-6-16/h2-10,12H,11H2,1H3,(H,19,22)(H,20,21). The van der Waals surface area contributed by atoms with Gasteiger partial charge >= 0.3 is 0 Å². The van der Waals surface area contributed by atoms with E-state index in [1.807, 2.05) is 31.2 Å². The van der Waals surface area contributed by atoms with Crippen LogP contribution in [0.25, 0.3) is 0 Å². The third-order valence-electron chi connectivity index (χ3n) is 3.50. The Morgan fingerprint density at radius 2 is 1.77 bits per heavy atom. The maximum Gasteiger partial charge on any atom is 0.263 e. The Morgan fingerprint density at radius 1 is 1.08 bits per heavy atom. The van der Waals surface area contributed by atoms with Crippen molar-refractivity contribution in [2.45, 2.75) is 18.2 Å². The summed E-state index contributed by atoms with van der Waals surface area (Å²) in [6.45, 7) is 1.97. The van der Waals surface area contributed by atoms with E-state index in [-0.39, 0.29) is 22.4 Å². The van der Waals surface area contributed by atoms with E-state index < -0.39 is 10.0 Å². The molecule has 6 nitrogen and oxygen atoms in total. The van der Waals surface area contributed by atoms with Crippen LogP contribution in [-0.4, -0.2) is 19.3 Å². The van der Waals surface area contributed by atoms with Crippen LogP contribution in [0.4, 0.5) is 10.8 Å². The van der Waals surface area contributed by atoms with Crippen molar-refractivity contribution in [3.05, 3.63) is 71.2 Å². The number of thiazole rings is 1. The molecule has 1 aromatic heterocycles. The van der Waals surface area contributed by atoms with Crippen LogP contribution in [0.15, 0.2) is 64.9 Å². The largest absolute Gasteiger partial charge is 0.326 e. The molecule has 1 amide bonds. The third-order valence-corrected chi connectivity index (χ3v) is 5.79. The van der Waals surface area contributed by atoms with Gasteiger partial charge in [-0.15, -0.1) is 11.3 Å². The zero-order valence-electron chi connectivity index (χ0n) is 14.0. The third kappa shape index (κ3) is 4.68. The Hall–Kier alpha value is -2.71. The minimum Gasteiger partial charge on any atom is -0.326 e. The molecule has 2 N–H and O–H groups in total. The molecule has 0 fully saturated rings. The predicted octanol–water partition coefficient (Wildman–Crippen LogP) is 3.43. The maximum absolute atomic E-state index is 12.3. The fraction of sp³-hybridized carbons (Fsp3) is 0.111. The van der Waals surface area contributed by atoms with E-state index >= 15 is 0 Å². The lowest BCUT2D eigenvalue weighted by molar-refractivity contribution is -0.115. The summed E-state index contributed by atoms with van der Waals surface area (Å²) in [4.78, 5) is 16.4. The topological polar surface area (TPSA) is 88.2 Å². The highest BCUT2D eigenvalue weighted by molar-refractivity contribution is 7.93. The van der Waals surface area contributed by atoms with E-state index in [9.17, 15) is 13.2 Å². The Bertz CT molecular complexity index is 998. The Balaban J connectivity index is 1.62. The van der Waals surface area contributed by atoms with Gasteiger partial charge in [-0.3, -0.25) is 9.52 Å². The molecule has 3 rings (SSSR count). The highest BCUT2D eigenvalue weighted by Crippen LogP contribution is 2.20. The molecule has 3 aromatic rings. The van der Waals surface area contributed by atoms with Crippen LogP contribution in [0.2, 0.25) is 0 Å². The van der Waals surface area contributed by atoms with Gasteiger partial charge in [0.05, 0.1) is 17.0 Å². The van der Waals surface area contributed by atoms with Crippen LogP contribution in [0.1, 0.15) is 11.3 Å². The van der Waals surface area contributed by atoms with E-state index in [0.29, 0.717) is 11.4 Å². The van der Waals surface area contributed by atoms with Gasteiger partial charge in [-0.2, -0.15) is 0 Å². The SMILES string of the molecule is Cc1ccc(NC(=O)Cc2csc(NS(=O)(=O)c3ccccc3)n2)cc1. The summed E-state index contributed by atoms with van der Waals surface area (Å²) in [6, 6.07) is 15.5. The molecule has 0 spiro atoms. The average Bonchev–Trinajstić information content (AvgIpc) is 3.03. The second kappa shape index (κ2) is 7.67. The van der Waals surface area contributed by atoms with Crippen molar-refractivity contribution in [2.75, 3.05) is 10.0 Å². The lowest BCUT2D eigenvalue weighted by Crippen LogP contribution is -2.15. The number of hydrogen-bond donors (Lipinski definition) is 2. The minimum absolute atomic E-state index is 0.0669. The molecule has 1 heterocycles. The molecule has 26 heavy (non-hydrogen) atoms. The lowest BCUT2D eigenvalue weighted by atomic mass is 10.2. The van der Waals surface area contributed by atoms with Crippen LogP contribution in [0, 0.1) is 6.92 Å². The summed E-state index contributed by atoms with van der Waals surface area (Å²) in [7, 11) is -3.68. The number of amides is 1. The molecule has 0 bridgehead atoms. The van der Waals surface area contributed by atoms with Gasteiger partial charge < -0.3 is 5.32 Å². The van der Waals surface area contributed by atoms with Gasteiger partial charge in [-0.1, -0.05) is 35.9 Å². The fourth-order valence-electron chi connectivity index (χ4n) is 2.22. The van der Waals surface area contributed by atoms with E-state index in [4.69, 9.17) is 0 Å². The molecule has 134 valence electrons. The van der Waals surface area contributed by atoms with Gasteiger partial charge in [0.2, 0.25) is 5.91 Å². The van der Waals surface area contributed by atoms with Crippen LogP contribution in [0.5, 0.6) is 0 Å². The number of carbonyl (C=O) groups is 1. The first-order valence-electron chi connectivity index (χ1n) is 7.81. The van der Waals surface area contributed by atoms with Crippen molar-refractivity contribution in [2.24, 2.45) is 0 Å². The summed E-state index contributed by atoms with van der Waals surface area (Å²) in [5, 5.41) is 4.68. The summed E-state index contributed by atoms with van der Waals surface area (Å²) in [5.41, 5.74) is 2.32. The Morgan fingerprint density at radius 3 is 2.46 bits per heavy atom. The van der Waals surface area contributed by atoms with E-state index in [1.54, 1.807) is 23.6 Å². The molecule has 0 aliphatic carbocycles. The van der Waals surface area contributed by atoms with Crippen molar-refractivity contribution in [1.82, 2.24) is 4.98 Å². The fourth-order valence-corrected chi connectivity index (χ4v) is 4.20. The van der Waals surface area contributed by atoms with Crippen LogP contribution in [-0.2, 0) is 21.2 Å². The molecule has 2 aromatic carbocycles. The van der Waals surface area contributed by atoms with E-state index in [1.165, 1.54) is 12.1 Å². The summed E-state index contributed by atoms with van der Waals surface area (Å²) >= 11 is 1.14. The van der Waals surface area contributed by atoms with Crippen LogP contribution in [0.3, 0.4) is 0 Å². The minimum atomic E-state index is -3.68. The van der Waals surface area contributed by atoms with Crippen molar-refractivity contribution in [3.8, 4) is 0 Å². The average molecular weight is 387 g/mol. The number of hydrogen-bond acceptors (Lipinski definition) is 5. The molecule has 0 radical (unpaired) electrons. The number of anilines is 2. The number of carbonyl (C=O) groups excluding carboxylic acids is 1. The second-order valence-corrected chi connectivity index (χ2v) is 8.19. The number of rotatable bonds is 6. The molecule has 0 saturated heterocycles. The zero-order chi connectivity index (χ0) is 18.6. The summed E-state index contributed by atoms with van der Waals surface area (Å²) < 4.78 is 27.0.